The van der Waals surface area contributed by atoms with Gasteiger partial charge in [0.1, 0.15) is 16.9 Å². The molecular formula is C28H31N3O5. The Kier molecular flexibility index (Phi) is 6.47. The minimum absolute atomic E-state index is 0.0509. The van der Waals surface area contributed by atoms with E-state index in [1.807, 2.05) is 80.3 Å². The van der Waals surface area contributed by atoms with Crippen LogP contribution in [0, 0.1) is 0 Å². The van der Waals surface area contributed by atoms with Crippen LogP contribution in [0.15, 0.2) is 70.7 Å². The summed E-state index contributed by atoms with van der Waals surface area (Å²) in [6.45, 7) is 9.04. The van der Waals surface area contributed by atoms with Crippen LogP contribution < -0.4 is 4.90 Å². The lowest BCUT2D eigenvalue weighted by molar-refractivity contribution is -0.143. The maximum absolute atomic E-state index is 14.1. The van der Waals surface area contributed by atoms with Gasteiger partial charge in [-0.1, -0.05) is 36.4 Å². The van der Waals surface area contributed by atoms with Crippen LogP contribution in [-0.4, -0.2) is 59.9 Å². The van der Waals surface area contributed by atoms with Crippen LogP contribution in [0.4, 0.5) is 11.4 Å². The van der Waals surface area contributed by atoms with E-state index in [9.17, 15) is 14.4 Å². The number of hydrogen-bond acceptors (Lipinski definition) is 7. The Balaban J connectivity index is 2.17. The predicted molar refractivity (Wildman–Crippen MR) is 137 cm³/mol. The zero-order chi connectivity index (χ0) is 26.3. The smallest absolute Gasteiger partial charge is 0.344 e. The van der Waals surface area contributed by atoms with Crippen molar-refractivity contribution in [1.82, 2.24) is 4.90 Å². The minimum atomic E-state index is -1.54. The number of para-hydroxylation sites is 2. The number of amides is 1. The summed E-state index contributed by atoms with van der Waals surface area (Å²) in [7, 11) is 1.80. The summed E-state index contributed by atoms with van der Waals surface area (Å²) in [5.74, 6) is -2.23. The van der Waals surface area contributed by atoms with E-state index in [4.69, 9.17) is 14.5 Å². The third kappa shape index (κ3) is 3.68. The Bertz CT molecular complexity index is 1280. The fraction of sp³-hybridized carbons (Fsp3) is 0.357. The lowest BCUT2D eigenvalue weighted by Crippen LogP contribution is -2.67. The topological polar surface area (TPSA) is 88.5 Å². The first-order valence-electron chi connectivity index (χ1n) is 12.0. The highest BCUT2D eigenvalue weighted by Gasteiger charge is 2.67. The van der Waals surface area contributed by atoms with Gasteiger partial charge in [-0.15, -0.1) is 0 Å². The number of carbonyl (C=O) groups is 3. The number of rotatable bonds is 5. The quantitative estimate of drug-likeness (QED) is 0.466. The Labute approximate surface area is 211 Å². The first kappa shape index (κ1) is 25.2. The third-order valence-electron chi connectivity index (χ3n) is 6.30. The molecule has 0 bridgehead atoms. The van der Waals surface area contributed by atoms with Crippen molar-refractivity contribution >= 4 is 34.9 Å². The van der Waals surface area contributed by atoms with Crippen molar-refractivity contribution in [2.75, 3.05) is 25.2 Å². The van der Waals surface area contributed by atoms with Gasteiger partial charge in [-0.05, 0) is 52.8 Å². The largest absolute Gasteiger partial charge is 0.462 e. The van der Waals surface area contributed by atoms with Crippen LogP contribution in [0.1, 0.15) is 40.2 Å². The summed E-state index contributed by atoms with van der Waals surface area (Å²) in [5.41, 5.74) is -0.163. The van der Waals surface area contributed by atoms with E-state index in [0.717, 1.165) is 11.3 Å². The number of benzene rings is 2. The molecule has 0 aromatic heterocycles. The molecule has 0 fully saturated rings. The molecule has 2 heterocycles. The van der Waals surface area contributed by atoms with E-state index < -0.39 is 29.0 Å². The zero-order valence-corrected chi connectivity index (χ0v) is 21.5. The molecule has 1 amide bonds. The van der Waals surface area contributed by atoms with Crippen molar-refractivity contribution in [2.24, 2.45) is 4.99 Å². The highest BCUT2D eigenvalue weighted by atomic mass is 16.5. The lowest BCUT2D eigenvalue weighted by atomic mass is 9.88. The average Bonchev–Trinajstić information content (AvgIpc) is 3.25. The van der Waals surface area contributed by atoms with Gasteiger partial charge in [0.25, 0.3) is 5.91 Å². The second-order valence-electron chi connectivity index (χ2n) is 9.55. The molecule has 1 spiro atoms. The fourth-order valence-electron chi connectivity index (χ4n) is 5.08. The van der Waals surface area contributed by atoms with Crippen molar-refractivity contribution in [3.63, 3.8) is 0 Å². The maximum Gasteiger partial charge on any atom is 0.344 e. The Hall–Kier alpha value is -3.94. The van der Waals surface area contributed by atoms with E-state index in [1.165, 1.54) is 0 Å². The van der Waals surface area contributed by atoms with Crippen molar-refractivity contribution in [3.05, 3.63) is 71.3 Å². The van der Waals surface area contributed by atoms with Crippen LogP contribution in [0.3, 0.4) is 0 Å². The standard InChI is InChI=1S/C28H31N3O5/c1-7-35-25(33)21-22(26(34)36-8-2)28(31(24(21)32)27(3,4)5)23(29-18-14-10-9-11-15-18)19-16-12-13-17-20(19)30(28)6/h9-17H,7-8H2,1-6H3. The first-order chi connectivity index (χ1) is 17.1. The van der Waals surface area contributed by atoms with E-state index >= 15 is 0 Å². The molecule has 8 nitrogen and oxygen atoms in total. The molecule has 36 heavy (non-hydrogen) atoms. The molecular weight excluding hydrogens is 458 g/mol. The lowest BCUT2D eigenvalue weighted by Gasteiger charge is -2.49. The fourth-order valence-corrected chi connectivity index (χ4v) is 5.08. The monoisotopic (exact) mass is 489 g/mol. The van der Waals surface area contributed by atoms with Gasteiger partial charge in [-0.25, -0.2) is 14.6 Å². The summed E-state index contributed by atoms with van der Waals surface area (Å²) in [6, 6.07) is 16.9. The summed E-state index contributed by atoms with van der Waals surface area (Å²) in [5, 5.41) is 0. The molecule has 4 rings (SSSR count). The third-order valence-corrected chi connectivity index (χ3v) is 6.30. The summed E-state index contributed by atoms with van der Waals surface area (Å²) in [4.78, 5) is 49.4. The van der Waals surface area contributed by atoms with Crippen LogP contribution in [-0.2, 0) is 23.9 Å². The van der Waals surface area contributed by atoms with Crippen molar-refractivity contribution in [2.45, 2.75) is 45.8 Å². The minimum Gasteiger partial charge on any atom is -0.462 e. The molecule has 188 valence electrons. The Morgan fingerprint density at radius 2 is 1.50 bits per heavy atom. The van der Waals surface area contributed by atoms with Gasteiger partial charge in [-0.2, -0.15) is 0 Å². The number of nitrogens with zero attached hydrogens (tertiary/aromatic N) is 3. The van der Waals surface area contributed by atoms with Gasteiger partial charge in [0.15, 0.2) is 5.66 Å². The number of esters is 2. The van der Waals surface area contributed by atoms with E-state index in [-0.39, 0.29) is 24.4 Å². The molecule has 0 saturated carbocycles. The number of likely N-dealkylation sites (N-methyl/N-ethyl adjacent to an activating group) is 1. The molecule has 8 heteroatoms. The Morgan fingerprint density at radius 1 is 0.917 bits per heavy atom. The number of carbonyl (C=O) groups excluding carboxylic acids is 3. The van der Waals surface area contributed by atoms with E-state index in [1.54, 1.807) is 25.8 Å². The predicted octanol–water partition coefficient (Wildman–Crippen LogP) is 4.02. The van der Waals surface area contributed by atoms with E-state index in [2.05, 4.69) is 0 Å². The second kappa shape index (κ2) is 9.26. The summed E-state index contributed by atoms with van der Waals surface area (Å²) < 4.78 is 10.7. The first-order valence-corrected chi connectivity index (χ1v) is 12.0. The Morgan fingerprint density at radius 3 is 2.11 bits per heavy atom. The molecule has 1 atom stereocenters. The molecule has 0 N–H and O–H groups in total. The van der Waals surface area contributed by atoms with Crippen LogP contribution >= 0.6 is 0 Å². The number of hydrogen-bond donors (Lipinski definition) is 0. The molecule has 2 aromatic rings. The SMILES string of the molecule is CCOC(=O)C1=C(C(=O)OCC)C2(C(=Nc3ccccc3)c3ccccc3N2C)N(C(C)(C)C)C1=O. The zero-order valence-electron chi connectivity index (χ0n) is 21.5. The van der Waals surface area contributed by atoms with Crippen LogP contribution in [0.5, 0.6) is 0 Å². The van der Waals surface area contributed by atoms with Crippen LogP contribution in [0.2, 0.25) is 0 Å². The van der Waals surface area contributed by atoms with Crippen molar-refractivity contribution in [3.8, 4) is 0 Å². The summed E-state index contributed by atoms with van der Waals surface area (Å²) in [6.07, 6.45) is 0. The normalized spacial score (nSPS) is 20.4. The molecule has 2 aliphatic rings. The molecule has 2 aliphatic heterocycles. The molecule has 0 saturated heterocycles. The van der Waals surface area contributed by atoms with Crippen molar-refractivity contribution in [1.29, 1.82) is 0 Å². The highest BCUT2D eigenvalue weighted by molar-refractivity contribution is 6.33. The van der Waals surface area contributed by atoms with Crippen molar-refractivity contribution < 1.29 is 23.9 Å². The highest BCUT2D eigenvalue weighted by Crippen LogP contribution is 2.52. The molecule has 2 aromatic carbocycles. The summed E-state index contributed by atoms with van der Waals surface area (Å²) >= 11 is 0. The molecule has 0 radical (unpaired) electrons. The average molecular weight is 490 g/mol. The van der Waals surface area contributed by atoms with Gasteiger partial charge >= 0.3 is 11.9 Å². The van der Waals surface area contributed by atoms with E-state index in [0.29, 0.717) is 11.4 Å². The number of ether oxygens (including phenoxy) is 2. The molecule has 0 aliphatic carbocycles. The number of aliphatic imine (C=N–C) groups is 1. The van der Waals surface area contributed by atoms with Gasteiger partial charge in [0.2, 0.25) is 0 Å². The maximum atomic E-state index is 14.1. The van der Waals surface area contributed by atoms with Gasteiger partial charge in [0, 0.05) is 23.8 Å². The number of anilines is 1. The van der Waals surface area contributed by atoms with Crippen LogP contribution in [0.25, 0.3) is 0 Å². The number of fused-ring (bicyclic) bond motifs is 1. The van der Waals surface area contributed by atoms with Gasteiger partial charge in [0.05, 0.1) is 18.9 Å². The van der Waals surface area contributed by atoms with Gasteiger partial charge < -0.3 is 19.3 Å². The van der Waals surface area contributed by atoms with Gasteiger partial charge in [-0.3, -0.25) is 4.79 Å². The second-order valence-corrected chi connectivity index (χ2v) is 9.55. The molecule has 1 unspecified atom stereocenters.